The van der Waals surface area contributed by atoms with Crippen molar-refractivity contribution in [2.24, 2.45) is 5.73 Å². The summed E-state index contributed by atoms with van der Waals surface area (Å²) in [5, 5.41) is 0. The van der Waals surface area contributed by atoms with E-state index in [1.54, 1.807) is 0 Å². The Morgan fingerprint density at radius 2 is 1.36 bits per heavy atom. The highest BCUT2D eigenvalue weighted by atomic mass is 31.2. The van der Waals surface area contributed by atoms with Gasteiger partial charge in [-0.25, -0.2) is 4.57 Å². The quantitative estimate of drug-likeness (QED) is 0.114. The van der Waals surface area contributed by atoms with Gasteiger partial charge in [0.15, 0.2) is 6.10 Å². The molecule has 0 fully saturated rings. The van der Waals surface area contributed by atoms with Crippen LogP contribution in [0.15, 0.2) is 0 Å². The maximum absolute atomic E-state index is 12.0. The number of esters is 2. The summed E-state index contributed by atoms with van der Waals surface area (Å²) in [4.78, 5) is 33.4. The number of hydrogen-bond acceptors (Lipinski definition) is 8. The second-order valence-electron chi connectivity index (χ2n) is 8.22. The summed E-state index contributed by atoms with van der Waals surface area (Å²) in [5.74, 6) is -0.891. The van der Waals surface area contributed by atoms with Crippen LogP contribution in [-0.4, -0.2) is 49.3 Å². The third-order valence-electron chi connectivity index (χ3n) is 4.96. The molecule has 0 spiro atoms. The Balaban J connectivity index is 4.09. The van der Waals surface area contributed by atoms with E-state index in [0.717, 1.165) is 19.3 Å². The predicted molar refractivity (Wildman–Crippen MR) is 128 cm³/mol. The van der Waals surface area contributed by atoms with Gasteiger partial charge in [0.2, 0.25) is 0 Å². The summed E-state index contributed by atoms with van der Waals surface area (Å²) in [6.45, 7) is 3.27. The van der Waals surface area contributed by atoms with E-state index >= 15 is 0 Å². The molecule has 0 rings (SSSR count). The summed E-state index contributed by atoms with van der Waals surface area (Å²) in [6, 6.07) is 0. The molecule has 0 amide bonds. The van der Waals surface area contributed by atoms with Crippen LogP contribution in [-0.2, 0) is 32.7 Å². The van der Waals surface area contributed by atoms with Gasteiger partial charge in [0, 0.05) is 19.4 Å². The van der Waals surface area contributed by atoms with Crippen LogP contribution in [0.3, 0.4) is 0 Å². The molecule has 0 saturated heterocycles. The fourth-order valence-electron chi connectivity index (χ4n) is 3.14. The average Bonchev–Trinajstić information content (AvgIpc) is 2.78. The van der Waals surface area contributed by atoms with Gasteiger partial charge in [-0.3, -0.25) is 18.6 Å². The molecule has 0 saturated carbocycles. The van der Waals surface area contributed by atoms with Gasteiger partial charge < -0.3 is 20.1 Å². The molecule has 0 aliphatic carbocycles. The summed E-state index contributed by atoms with van der Waals surface area (Å²) in [5.41, 5.74) is 5.23. The number of unbranched alkanes of at least 4 members (excludes halogenated alkanes) is 10. The van der Waals surface area contributed by atoms with Gasteiger partial charge in [0.25, 0.3) is 0 Å². The summed E-state index contributed by atoms with van der Waals surface area (Å²) in [7, 11) is -4.32. The molecule has 9 nitrogen and oxygen atoms in total. The molecule has 0 aromatic rings. The summed E-state index contributed by atoms with van der Waals surface area (Å²) >= 11 is 0. The lowest BCUT2D eigenvalue weighted by atomic mass is 10.1. The van der Waals surface area contributed by atoms with Crippen molar-refractivity contribution in [3.63, 3.8) is 0 Å². The molecule has 10 heteroatoms. The molecule has 3 N–H and O–H groups in total. The van der Waals surface area contributed by atoms with Gasteiger partial charge in [0.1, 0.15) is 6.61 Å². The lowest BCUT2D eigenvalue weighted by Gasteiger charge is -2.19. The molecule has 1 unspecified atom stereocenters. The molecular formula is C23H46NO8P. The van der Waals surface area contributed by atoms with E-state index < -0.39 is 32.5 Å². The highest BCUT2D eigenvalue weighted by Crippen LogP contribution is 2.43. The van der Waals surface area contributed by atoms with Crippen molar-refractivity contribution in [2.45, 2.75) is 110 Å². The van der Waals surface area contributed by atoms with E-state index in [1.165, 1.54) is 51.4 Å². The van der Waals surface area contributed by atoms with Crippen LogP contribution in [0, 0.1) is 0 Å². The highest BCUT2D eigenvalue weighted by Gasteiger charge is 2.25. The number of hydrogen-bond donors (Lipinski definition) is 2. The molecule has 0 heterocycles. The smallest absolute Gasteiger partial charge is 0.462 e. The van der Waals surface area contributed by atoms with Crippen molar-refractivity contribution in [1.82, 2.24) is 0 Å². The van der Waals surface area contributed by atoms with E-state index in [-0.39, 0.29) is 32.6 Å². The maximum atomic E-state index is 12.0. The molecule has 33 heavy (non-hydrogen) atoms. The zero-order chi connectivity index (χ0) is 24.8. The third-order valence-corrected chi connectivity index (χ3v) is 5.95. The summed E-state index contributed by atoms with van der Waals surface area (Å²) < 4.78 is 31.6. The van der Waals surface area contributed by atoms with Gasteiger partial charge >= 0.3 is 19.8 Å². The topological polar surface area (TPSA) is 134 Å². The minimum Gasteiger partial charge on any atom is -0.462 e. The van der Waals surface area contributed by atoms with Crippen LogP contribution >= 0.6 is 7.82 Å². The van der Waals surface area contributed by atoms with Crippen molar-refractivity contribution >= 4 is 19.8 Å². The van der Waals surface area contributed by atoms with Crippen LogP contribution in [0.4, 0.5) is 0 Å². The van der Waals surface area contributed by atoms with E-state index in [1.807, 2.05) is 6.92 Å². The SMILES string of the molecule is CCCCCCCCCCCCCC(=O)OC[C@H](COP(=O)(O)OCCN)OC(=O)CCC. The van der Waals surface area contributed by atoms with Crippen LogP contribution < -0.4 is 5.73 Å². The molecule has 0 aromatic heterocycles. The number of rotatable bonds is 23. The largest absolute Gasteiger partial charge is 0.472 e. The molecule has 0 bridgehead atoms. The molecular weight excluding hydrogens is 449 g/mol. The molecule has 0 aliphatic heterocycles. The first-order chi connectivity index (χ1) is 15.8. The number of phosphoric acid groups is 1. The molecule has 0 aliphatic rings. The second-order valence-corrected chi connectivity index (χ2v) is 9.67. The van der Waals surface area contributed by atoms with Crippen molar-refractivity contribution < 1.29 is 37.6 Å². The van der Waals surface area contributed by atoms with Crippen molar-refractivity contribution in [1.29, 1.82) is 0 Å². The number of carbonyl (C=O) groups is 2. The first kappa shape index (κ1) is 32.0. The number of ether oxygens (including phenoxy) is 2. The van der Waals surface area contributed by atoms with Gasteiger partial charge in [-0.05, 0) is 12.8 Å². The standard InChI is InChI=1S/C23H46NO8P/c1-3-5-6-7-8-9-10-11-12-13-14-16-22(25)29-19-21(32-23(26)15-4-2)20-31-33(27,28)30-18-17-24/h21H,3-20,24H2,1-2H3,(H,27,28)/t21-/m1/s1. The Bertz CT molecular complexity index is 547. The molecule has 0 radical (unpaired) electrons. The molecule has 0 aromatic carbocycles. The van der Waals surface area contributed by atoms with Crippen molar-refractivity contribution in [3.05, 3.63) is 0 Å². The van der Waals surface area contributed by atoms with Crippen molar-refractivity contribution in [2.75, 3.05) is 26.4 Å². The first-order valence-corrected chi connectivity index (χ1v) is 14.0. The lowest BCUT2D eigenvalue weighted by Crippen LogP contribution is -2.29. The van der Waals surface area contributed by atoms with Crippen LogP contribution in [0.1, 0.15) is 104 Å². The minimum atomic E-state index is -4.32. The van der Waals surface area contributed by atoms with Gasteiger partial charge in [-0.15, -0.1) is 0 Å². The minimum absolute atomic E-state index is 0.0550. The van der Waals surface area contributed by atoms with Crippen LogP contribution in [0.25, 0.3) is 0 Å². The summed E-state index contributed by atoms with van der Waals surface area (Å²) in [6.07, 6.45) is 13.2. The lowest BCUT2D eigenvalue weighted by molar-refractivity contribution is -0.161. The maximum Gasteiger partial charge on any atom is 0.472 e. The van der Waals surface area contributed by atoms with Crippen molar-refractivity contribution in [3.8, 4) is 0 Å². The van der Waals surface area contributed by atoms with E-state index in [2.05, 4.69) is 11.4 Å². The zero-order valence-corrected chi connectivity index (χ0v) is 21.5. The molecule has 196 valence electrons. The Labute approximate surface area is 199 Å². The zero-order valence-electron chi connectivity index (χ0n) is 20.6. The molecule has 2 atom stereocenters. The first-order valence-electron chi connectivity index (χ1n) is 12.5. The highest BCUT2D eigenvalue weighted by molar-refractivity contribution is 7.47. The van der Waals surface area contributed by atoms with E-state index in [0.29, 0.717) is 6.42 Å². The fraction of sp³-hybridized carbons (Fsp3) is 0.913. The number of phosphoric ester groups is 1. The fourth-order valence-corrected chi connectivity index (χ4v) is 3.90. The van der Waals surface area contributed by atoms with E-state index in [9.17, 15) is 19.0 Å². The monoisotopic (exact) mass is 495 g/mol. The van der Waals surface area contributed by atoms with Gasteiger partial charge in [-0.2, -0.15) is 0 Å². The van der Waals surface area contributed by atoms with Crippen LogP contribution in [0.5, 0.6) is 0 Å². The Morgan fingerprint density at radius 1 is 0.788 bits per heavy atom. The van der Waals surface area contributed by atoms with Crippen LogP contribution in [0.2, 0.25) is 0 Å². The Kier molecular flexibility index (Phi) is 20.9. The van der Waals surface area contributed by atoms with Gasteiger partial charge in [0.05, 0.1) is 13.2 Å². The number of nitrogens with two attached hydrogens (primary N) is 1. The second kappa shape index (κ2) is 21.5. The third kappa shape index (κ3) is 21.3. The Hall–Kier alpha value is -0.990. The number of carbonyl (C=O) groups excluding carboxylic acids is 2. The van der Waals surface area contributed by atoms with E-state index in [4.69, 9.17) is 19.7 Å². The Morgan fingerprint density at radius 3 is 1.91 bits per heavy atom. The average molecular weight is 496 g/mol. The predicted octanol–water partition coefficient (Wildman–Crippen LogP) is 5.03. The normalized spacial score (nSPS) is 13.9. The van der Waals surface area contributed by atoms with Gasteiger partial charge in [-0.1, -0.05) is 78.1 Å².